The van der Waals surface area contributed by atoms with E-state index in [1.807, 2.05) is 18.2 Å². The molecule has 4 nitrogen and oxygen atoms in total. The molecule has 64 heavy (non-hydrogen) atoms. The van der Waals surface area contributed by atoms with Crippen molar-refractivity contribution in [2.45, 2.75) is 57.8 Å². The van der Waals surface area contributed by atoms with Crippen molar-refractivity contribution in [3.63, 3.8) is 0 Å². The predicted octanol–water partition coefficient (Wildman–Crippen LogP) is 14.9. The Hall–Kier alpha value is -7.48. The number of para-hydroxylation sites is 7. The van der Waals surface area contributed by atoms with Gasteiger partial charge in [-0.1, -0.05) is 147 Å². The molecule has 4 atom stereocenters. The van der Waals surface area contributed by atoms with Gasteiger partial charge in [-0.3, -0.25) is 0 Å². The van der Waals surface area contributed by atoms with Gasteiger partial charge in [0.1, 0.15) is 12.3 Å². The highest BCUT2D eigenvalue weighted by atomic mass is 15.4. The number of rotatable bonds is 8. The Balaban J connectivity index is 1.07. The van der Waals surface area contributed by atoms with Crippen molar-refractivity contribution in [3.05, 3.63) is 229 Å². The van der Waals surface area contributed by atoms with Crippen molar-refractivity contribution in [2.24, 2.45) is 5.92 Å². The van der Waals surface area contributed by atoms with E-state index in [4.69, 9.17) is 0 Å². The fourth-order valence-electron chi connectivity index (χ4n) is 11.3. The molecule has 0 fully saturated rings. The minimum Gasteiger partial charge on any atom is -0.319 e. The summed E-state index contributed by atoms with van der Waals surface area (Å²) in [6.07, 6.45) is 3.05. The van der Waals surface area contributed by atoms with Crippen molar-refractivity contribution in [1.82, 2.24) is 0 Å². The first-order chi connectivity index (χ1) is 31.6. The molecular weight excluding hydrogens is 777 g/mol. The van der Waals surface area contributed by atoms with Gasteiger partial charge in [-0.05, 0) is 133 Å². The average Bonchev–Trinajstić information content (AvgIpc) is 3.86. The summed E-state index contributed by atoms with van der Waals surface area (Å²) >= 11 is 0. The van der Waals surface area contributed by atoms with E-state index in [-0.39, 0.29) is 17.7 Å². The maximum absolute atomic E-state index is 3.38. The Morgan fingerprint density at radius 1 is 0.438 bits per heavy atom. The summed E-state index contributed by atoms with van der Waals surface area (Å²) in [6, 6.07) is 75.4. The number of benzene rings is 8. The lowest BCUT2D eigenvalue weighted by atomic mass is 9.60. The first-order valence-corrected chi connectivity index (χ1v) is 22.9. The Kier molecular flexibility index (Phi) is 10.0. The topological polar surface area (TPSA) is 13.0 Å². The third kappa shape index (κ3) is 6.46. The normalized spacial score (nSPS) is 19.3. The molecule has 0 N–H and O–H groups in total. The standard InChI is InChI=1S/C60H52N4/c1-4-51-59-63(50-25-13-8-14-26-50)56-31-19-20-32-57(56)64(59)53-28-16-15-27-52(53)60(51,5-2)42-48-40-39-47(46-37-35-45(36-38-46)34-33-44-21-9-6-10-22-44)41-58(48)62-43(3)61(49-23-11-7-12-24-49)54-29-17-18-30-55(54)62/h6-32,35-41,43,51,59H,4-5,42H2,1-3H3. The van der Waals surface area contributed by atoms with E-state index in [1.54, 1.807) is 0 Å². The van der Waals surface area contributed by atoms with Gasteiger partial charge in [0.25, 0.3) is 0 Å². The van der Waals surface area contributed by atoms with Gasteiger partial charge in [0.05, 0.1) is 22.7 Å². The second kappa shape index (κ2) is 16.3. The predicted molar refractivity (Wildman–Crippen MR) is 268 cm³/mol. The summed E-state index contributed by atoms with van der Waals surface area (Å²) in [7, 11) is 0. The molecule has 0 saturated carbocycles. The van der Waals surface area contributed by atoms with Crippen LogP contribution in [0.4, 0.5) is 45.5 Å². The molecule has 4 unspecified atom stereocenters. The second-order valence-electron chi connectivity index (χ2n) is 17.4. The molecule has 0 bridgehead atoms. The van der Waals surface area contributed by atoms with Crippen LogP contribution in [0.25, 0.3) is 11.1 Å². The zero-order valence-electron chi connectivity index (χ0n) is 36.8. The molecule has 8 aromatic rings. The summed E-state index contributed by atoms with van der Waals surface area (Å²) in [5, 5.41) is 0. The summed E-state index contributed by atoms with van der Waals surface area (Å²) in [5.74, 6) is 7.01. The van der Waals surface area contributed by atoms with E-state index in [9.17, 15) is 0 Å². The maximum atomic E-state index is 3.38. The van der Waals surface area contributed by atoms with Crippen LogP contribution in [-0.2, 0) is 11.8 Å². The zero-order chi connectivity index (χ0) is 43.2. The van der Waals surface area contributed by atoms with Gasteiger partial charge in [0.2, 0.25) is 0 Å². The van der Waals surface area contributed by atoms with E-state index < -0.39 is 0 Å². The lowest BCUT2D eigenvalue weighted by Gasteiger charge is -2.54. The third-order valence-corrected chi connectivity index (χ3v) is 14.2. The SMILES string of the molecule is CCC1C2N(c3ccccc3)c3ccccc3N2c2ccccc2C1(CC)Cc1ccc(-c2ccc(C#Cc3ccccc3)cc2)cc1N1c2ccccc2N(c2ccccc2)C1C. The first-order valence-electron chi connectivity index (χ1n) is 22.9. The third-order valence-electron chi connectivity index (χ3n) is 14.2. The molecule has 0 radical (unpaired) electrons. The number of hydrogen-bond donors (Lipinski definition) is 0. The van der Waals surface area contributed by atoms with Crippen LogP contribution < -0.4 is 19.6 Å². The monoisotopic (exact) mass is 828 g/mol. The van der Waals surface area contributed by atoms with Crippen LogP contribution in [0.5, 0.6) is 0 Å². The van der Waals surface area contributed by atoms with E-state index in [1.165, 1.54) is 67.8 Å². The molecule has 0 saturated heterocycles. The highest BCUT2D eigenvalue weighted by Crippen LogP contribution is 2.61. The van der Waals surface area contributed by atoms with Gasteiger partial charge in [-0.2, -0.15) is 0 Å². The maximum Gasteiger partial charge on any atom is 0.115 e. The molecular formula is C60H52N4. The fourth-order valence-corrected chi connectivity index (χ4v) is 11.3. The molecule has 3 aliphatic rings. The Labute approximate surface area is 378 Å². The van der Waals surface area contributed by atoms with Crippen LogP contribution in [0.15, 0.2) is 206 Å². The molecule has 3 aliphatic heterocycles. The van der Waals surface area contributed by atoms with E-state index in [2.05, 4.69) is 240 Å². The Morgan fingerprint density at radius 3 is 1.53 bits per heavy atom. The van der Waals surface area contributed by atoms with Crippen LogP contribution in [0.3, 0.4) is 0 Å². The van der Waals surface area contributed by atoms with Gasteiger partial charge in [0.15, 0.2) is 0 Å². The minimum atomic E-state index is -0.182. The summed E-state index contributed by atoms with van der Waals surface area (Å²) in [5.41, 5.74) is 17.0. The van der Waals surface area contributed by atoms with Crippen molar-refractivity contribution < 1.29 is 0 Å². The van der Waals surface area contributed by atoms with Crippen LogP contribution in [0.1, 0.15) is 55.9 Å². The van der Waals surface area contributed by atoms with Crippen molar-refractivity contribution >= 4 is 45.5 Å². The molecule has 11 rings (SSSR count). The number of hydrogen-bond acceptors (Lipinski definition) is 4. The molecule has 3 heterocycles. The summed E-state index contributed by atoms with van der Waals surface area (Å²) < 4.78 is 0. The molecule has 0 amide bonds. The van der Waals surface area contributed by atoms with Crippen molar-refractivity contribution in [2.75, 3.05) is 19.6 Å². The Morgan fingerprint density at radius 2 is 0.922 bits per heavy atom. The van der Waals surface area contributed by atoms with Crippen molar-refractivity contribution in [1.29, 1.82) is 0 Å². The molecule has 312 valence electrons. The van der Waals surface area contributed by atoms with Gasteiger partial charge in [-0.25, -0.2) is 0 Å². The molecule has 0 spiro atoms. The average molecular weight is 829 g/mol. The van der Waals surface area contributed by atoms with E-state index in [0.717, 1.165) is 30.4 Å². The van der Waals surface area contributed by atoms with Gasteiger partial charge in [-0.15, -0.1) is 0 Å². The van der Waals surface area contributed by atoms with E-state index >= 15 is 0 Å². The molecule has 4 heteroatoms. The molecule has 0 aliphatic carbocycles. The quantitative estimate of drug-likeness (QED) is 0.141. The van der Waals surface area contributed by atoms with E-state index in [0.29, 0.717) is 5.92 Å². The Bertz CT molecular complexity index is 3010. The highest BCUT2D eigenvalue weighted by molar-refractivity contribution is 5.92. The zero-order valence-corrected chi connectivity index (χ0v) is 36.8. The molecule has 8 aromatic carbocycles. The number of anilines is 8. The van der Waals surface area contributed by atoms with Crippen molar-refractivity contribution in [3.8, 4) is 23.0 Å². The van der Waals surface area contributed by atoms with Gasteiger partial charge in [0, 0.05) is 45.2 Å². The second-order valence-corrected chi connectivity index (χ2v) is 17.4. The van der Waals surface area contributed by atoms with Crippen LogP contribution in [0, 0.1) is 17.8 Å². The lowest BCUT2D eigenvalue weighted by Crippen LogP contribution is -2.57. The largest absolute Gasteiger partial charge is 0.319 e. The van der Waals surface area contributed by atoms with Gasteiger partial charge >= 0.3 is 0 Å². The minimum absolute atomic E-state index is 0.0241. The highest BCUT2D eigenvalue weighted by Gasteiger charge is 2.55. The van der Waals surface area contributed by atoms with Crippen LogP contribution in [-0.4, -0.2) is 12.3 Å². The smallest absolute Gasteiger partial charge is 0.115 e. The fraction of sp³-hybridized carbons (Fsp3) is 0.167. The number of nitrogens with zero attached hydrogens (tertiary/aromatic N) is 4. The summed E-state index contributed by atoms with van der Waals surface area (Å²) in [4.78, 5) is 10.4. The van der Waals surface area contributed by atoms with Crippen LogP contribution in [0.2, 0.25) is 0 Å². The van der Waals surface area contributed by atoms with Gasteiger partial charge < -0.3 is 19.6 Å². The first kappa shape index (κ1) is 39.4. The van der Waals surface area contributed by atoms with Crippen LogP contribution >= 0.6 is 0 Å². The lowest BCUT2D eigenvalue weighted by molar-refractivity contribution is 0.199. The molecule has 0 aromatic heterocycles. The summed E-state index contributed by atoms with van der Waals surface area (Å²) in [6.45, 7) is 7.21. The number of fused-ring (bicyclic) bond motifs is 6.